The number of hydrogen-bond acceptors (Lipinski definition) is 6. The molecule has 1 atom stereocenters. The molecule has 2 aromatic rings. The van der Waals surface area contributed by atoms with Gasteiger partial charge in [0, 0.05) is 25.8 Å². The van der Waals surface area contributed by atoms with Crippen LogP contribution in [0.3, 0.4) is 0 Å². The molecular formula is C25H27NO6. The van der Waals surface area contributed by atoms with E-state index in [0.717, 1.165) is 24.2 Å². The number of carbonyl (C=O) groups is 2. The second kappa shape index (κ2) is 9.44. The topological polar surface area (TPSA) is 85.3 Å². The van der Waals surface area contributed by atoms with Crippen LogP contribution in [0.1, 0.15) is 35.6 Å². The average molecular weight is 437 g/mol. The van der Waals surface area contributed by atoms with Crippen molar-refractivity contribution in [1.82, 2.24) is 4.90 Å². The van der Waals surface area contributed by atoms with Crippen molar-refractivity contribution in [2.45, 2.75) is 25.3 Å². The normalized spacial score (nSPS) is 19.6. The van der Waals surface area contributed by atoms with Crippen molar-refractivity contribution in [1.29, 1.82) is 0 Å². The molecular weight excluding hydrogens is 410 g/mol. The largest absolute Gasteiger partial charge is 0.507 e. The van der Waals surface area contributed by atoms with Gasteiger partial charge in [0.25, 0.3) is 11.7 Å². The van der Waals surface area contributed by atoms with E-state index >= 15 is 0 Å². The lowest BCUT2D eigenvalue weighted by Crippen LogP contribution is -2.31. The third kappa shape index (κ3) is 4.08. The Kier molecular flexibility index (Phi) is 6.46. The van der Waals surface area contributed by atoms with Gasteiger partial charge in [0.1, 0.15) is 17.3 Å². The predicted octanol–water partition coefficient (Wildman–Crippen LogP) is 3.48. The molecule has 1 fully saturated rings. The fourth-order valence-electron chi connectivity index (χ4n) is 4.31. The number of nitrogens with zero attached hydrogens (tertiary/aromatic N) is 1. The molecule has 7 heteroatoms. The maximum Gasteiger partial charge on any atom is 0.295 e. The highest BCUT2D eigenvalue weighted by atomic mass is 16.5. The second-order valence-corrected chi connectivity index (χ2v) is 7.89. The number of aryl methyl sites for hydroxylation is 1. The molecule has 0 aromatic heterocycles. The third-order valence-corrected chi connectivity index (χ3v) is 5.88. The summed E-state index contributed by atoms with van der Waals surface area (Å²) in [5.41, 5.74) is 2.26. The Morgan fingerprint density at radius 2 is 2.03 bits per heavy atom. The van der Waals surface area contributed by atoms with Gasteiger partial charge in [-0.05, 0) is 60.7 Å². The van der Waals surface area contributed by atoms with Crippen molar-refractivity contribution in [2.75, 3.05) is 34.0 Å². The first-order valence-corrected chi connectivity index (χ1v) is 10.7. The molecule has 4 rings (SSSR count). The first-order valence-electron chi connectivity index (χ1n) is 10.7. The number of benzene rings is 2. The molecule has 0 aliphatic carbocycles. The highest BCUT2D eigenvalue weighted by Gasteiger charge is 2.46. The van der Waals surface area contributed by atoms with E-state index < -0.39 is 17.7 Å². The van der Waals surface area contributed by atoms with Crippen molar-refractivity contribution in [3.8, 4) is 11.5 Å². The fraction of sp³-hybridized carbons (Fsp3) is 0.360. The van der Waals surface area contributed by atoms with Gasteiger partial charge in [-0.2, -0.15) is 0 Å². The zero-order valence-corrected chi connectivity index (χ0v) is 18.3. The van der Waals surface area contributed by atoms with Crippen LogP contribution in [-0.4, -0.2) is 55.7 Å². The van der Waals surface area contributed by atoms with E-state index in [4.69, 9.17) is 14.2 Å². The van der Waals surface area contributed by atoms with Crippen LogP contribution in [0.4, 0.5) is 0 Å². The molecule has 2 aromatic carbocycles. The van der Waals surface area contributed by atoms with Gasteiger partial charge in [0.05, 0.1) is 25.3 Å². The Bertz CT molecular complexity index is 1060. The van der Waals surface area contributed by atoms with Gasteiger partial charge < -0.3 is 24.2 Å². The zero-order chi connectivity index (χ0) is 22.7. The van der Waals surface area contributed by atoms with E-state index in [2.05, 4.69) is 0 Å². The van der Waals surface area contributed by atoms with Crippen LogP contribution in [0.15, 0.2) is 48.0 Å². The molecule has 1 N–H and O–H groups in total. The van der Waals surface area contributed by atoms with Crippen LogP contribution >= 0.6 is 0 Å². The number of aliphatic hydroxyl groups is 1. The highest BCUT2D eigenvalue weighted by Crippen LogP contribution is 2.41. The fourth-order valence-corrected chi connectivity index (χ4v) is 4.31. The molecule has 168 valence electrons. The summed E-state index contributed by atoms with van der Waals surface area (Å²) in [5.74, 6) is -0.106. The zero-order valence-electron chi connectivity index (χ0n) is 18.3. The van der Waals surface area contributed by atoms with E-state index in [1.807, 2.05) is 12.1 Å². The maximum absolute atomic E-state index is 13.1. The molecule has 0 bridgehead atoms. The number of Topliss-reactive ketones (excluding diaryl/α,β-unsaturated/α-hetero) is 1. The van der Waals surface area contributed by atoms with Gasteiger partial charge in [0.2, 0.25) is 0 Å². The number of carbonyl (C=O) groups excluding carboxylic acids is 2. The number of rotatable bonds is 7. The summed E-state index contributed by atoms with van der Waals surface area (Å²) in [6.45, 7) is 1.45. The van der Waals surface area contributed by atoms with Crippen molar-refractivity contribution in [3.05, 3.63) is 64.7 Å². The summed E-state index contributed by atoms with van der Waals surface area (Å²) < 4.78 is 16.1. The Balaban J connectivity index is 1.81. The Hall–Kier alpha value is -3.32. The minimum Gasteiger partial charge on any atom is -0.507 e. The number of ketones is 1. The minimum absolute atomic E-state index is 0.0809. The quantitative estimate of drug-likeness (QED) is 0.309. The minimum atomic E-state index is -0.714. The molecule has 0 saturated carbocycles. The molecule has 0 spiro atoms. The van der Waals surface area contributed by atoms with Gasteiger partial charge in [-0.3, -0.25) is 9.59 Å². The summed E-state index contributed by atoms with van der Waals surface area (Å²) in [6, 6.07) is 11.9. The van der Waals surface area contributed by atoms with Crippen LogP contribution in [-0.2, 0) is 20.7 Å². The van der Waals surface area contributed by atoms with Gasteiger partial charge in [-0.1, -0.05) is 12.1 Å². The Morgan fingerprint density at radius 1 is 1.19 bits per heavy atom. The van der Waals surface area contributed by atoms with Crippen LogP contribution in [0.2, 0.25) is 0 Å². The third-order valence-electron chi connectivity index (χ3n) is 5.88. The Labute approximate surface area is 187 Å². The number of methoxy groups -OCH3 is 2. The number of amides is 1. The van der Waals surface area contributed by atoms with E-state index in [1.165, 1.54) is 4.90 Å². The van der Waals surface area contributed by atoms with E-state index in [0.29, 0.717) is 43.1 Å². The maximum atomic E-state index is 13.1. The highest BCUT2D eigenvalue weighted by molar-refractivity contribution is 6.46. The van der Waals surface area contributed by atoms with Gasteiger partial charge in [-0.15, -0.1) is 0 Å². The SMILES string of the molecule is COCCCN1C(=O)C(=O)/C(=C(\O)c2ccc3c(c2)CCCO3)C1c1cccc(OC)c1. The van der Waals surface area contributed by atoms with Crippen LogP contribution in [0.5, 0.6) is 11.5 Å². The Morgan fingerprint density at radius 3 is 2.81 bits per heavy atom. The standard InChI is InChI=1S/C25H27NO6/c1-30-12-5-11-26-22(17-6-3-8-19(15-17)31-2)21(24(28)25(26)29)23(27)18-9-10-20-16(14-18)7-4-13-32-20/h3,6,8-10,14-15,22,27H,4-5,7,11-13H2,1-2H3/b23-21-. The summed E-state index contributed by atoms with van der Waals surface area (Å²) >= 11 is 0. The first kappa shape index (κ1) is 21.9. The van der Waals surface area contributed by atoms with E-state index in [9.17, 15) is 14.7 Å². The van der Waals surface area contributed by atoms with Gasteiger partial charge in [-0.25, -0.2) is 0 Å². The summed E-state index contributed by atoms with van der Waals surface area (Å²) in [4.78, 5) is 27.6. The average Bonchev–Trinajstić information content (AvgIpc) is 3.08. The molecule has 1 saturated heterocycles. The van der Waals surface area contributed by atoms with Crippen molar-refractivity contribution in [3.63, 3.8) is 0 Å². The van der Waals surface area contributed by atoms with E-state index in [-0.39, 0.29) is 11.3 Å². The molecule has 32 heavy (non-hydrogen) atoms. The smallest absolute Gasteiger partial charge is 0.295 e. The number of likely N-dealkylation sites (tertiary alicyclic amines) is 1. The second-order valence-electron chi connectivity index (χ2n) is 7.89. The van der Waals surface area contributed by atoms with Crippen molar-refractivity contribution < 1.29 is 28.9 Å². The van der Waals surface area contributed by atoms with Crippen LogP contribution in [0, 0.1) is 0 Å². The molecule has 2 aliphatic rings. The summed E-state index contributed by atoms with van der Waals surface area (Å²) in [6.07, 6.45) is 2.30. The molecule has 7 nitrogen and oxygen atoms in total. The lowest BCUT2D eigenvalue weighted by atomic mass is 9.94. The lowest BCUT2D eigenvalue weighted by molar-refractivity contribution is -0.140. The monoisotopic (exact) mass is 437 g/mol. The van der Waals surface area contributed by atoms with E-state index in [1.54, 1.807) is 44.6 Å². The molecule has 2 heterocycles. The first-order chi connectivity index (χ1) is 15.5. The molecule has 1 amide bonds. The van der Waals surface area contributed by atoms with Gasteiger partial charge >= 0.3 is 0 Å². The summed E-state index contributed by atoms with van der Waals surface area (Å²) in [7, 11) is 3.15. The summed E-state index contributed by atoms with van der Waals surface area (Å²) in [5, 5.41) is 11.2. The van der Waals surface area contributed by atoms with Crippen LogP contribution < -0.4 is 9.47 Å². The number of hydrogen-bond donors (Lipinski definition) is 1. The van der Waals surface area contributed by atoms with Gasteiger partial charge in [0.15, 0.2) is 0 Å². The molecule has 2 aliphatic heterocycles. The molecule has 1 unspecified atom stereocenters. The number of fused-ring (bicyclic) bond motifs is 1. The van der Waals surface area contributed by atoms with Crippen molar-refractivity contribution in [2.24, 2.45) is 0 Å². The van der Waals surface area contributed by atoms with Crippen molar-refractivity contribution >= 4 is 17.4 Å². The predicted molar refractivity (Wildman–Crippen MR) is 119 cm³/mol. The number of ether oxygens (including phenoxy) is 3. The lowest BCUT2D eigenvalue weighted by Gasteiger charge is -2.25. The molecule has 0 radical (unpaired) electrons. The van der Waals surface area contributed by atoms with Crippen LogP contribution in [0.25, 0.3) is 5.76 Å². The number of aliphatic hydroxyl groups excluding tert-OH is 1.